The monoisotopic (exact) mass is 336 g/mol. The zero-order valence-corrected chi connectivity index (χ0v) is 14.5. The fourth-order valence-corrected chi connectivity index (χ4v) is 1.67. The van der Waals surface area contributed by atoms with Gasteiger partial charge in [-0.3, -0.25) is 9.59 Å². The van der Waals surface area contributed by atoms with Crippen molar-refractivity contribution in [2.24, 2.45) is 5.92 Å². The minimum absolute atomic E-state index is 0.167. The Morgan fingerprint density at radius 2 is 1.77 bits per heavy atom. The van der Waals surface area contributed by atoms with Crippen molar-refractivity contribution >= 4 is 29.6 Å². The van der Waals surface area contributed by atoms with Gasteiger partial charge in [-0.05, 0) is 33.1 Å². The molecule has 0 fully saturated rings. The Morgan fingerprint density at radius 3 is 2.23 bits per heavy atom. The molecule has 0 rings (SSSR count). The summed E-state index contributed by atoms with van der Waals surface area (Å²) in [7, 11) is 0. The molecule has 2 amide bonds. The molecule has 7 nitrogen and oxygen atoms in total. The van der Waals surface area contributed by atoms with E-state index in [9.17, 15) is 14.4 Å². The van der Waals surface area contributed by atoms with Gasteiger partial charge in [-0.25, -0.2) is 4.79 Å². The average Bonchev–Trinajstić information content (AvgIpc) is 2.32. The van der Waals surface area contributed by atoms with Crippen LogP contribution in [0.4, 0.5) is 4.79 Å². The number of alkyl carbamates (subject to hydrolysis) is 1. The molecule has 0 aromatic heterocycles. The van der Waals surface area contributed by atoms with Crippen molar-refractivity contribution in [3.63, 3.8) is 0 Å². The molecule has 0 aliphatic carbocycles. The fourth-order valence-electron chi connectivity index (χ4n) is 1.55. The lowest BCUT2D eigenvalue weighted by Crippen LogP contribution is -2.49. The van der Waals surface area contributed by atoms with E-state index < -0.39 is 29.6 Å². The lowest BCUT2D eigenvalue weighted by Gasteiger charge is -2.24. The Hall–Kier alpha value is -1.50. The highest BCUT2D eigenvalue weighted by Crippen LogP contribution is 2.09. The van der Waals surface area contributed by atoms with Gasteiger partial charge in [0.05, 0.1) is 0 Å². The molecule has 0 saturated carbocycles. The van der Waals surface area contributed by atoms with E-state index in [2.05, 4.69) is 15.4 Å². The predicted molar refractivity (Wildman–Crippen MR) is 82.4 cm³/mol. The van der Waals surface area contributed by atoms with Gasteiger partial charge >= 0.3 is 12.1 Å². The third kappa shape index (κ3) is 10.3. The summed E-state index contributed by atoms with van der Waals surface area (Å²) in [5.41, 5.74) is -0.660. The normalized spacial score (nSPS) is 12.5. The van der Waals surface area contributed by atoms with E-state index in [1.165, 1.54) is 0 Å². The van der Waals surface area contributed by atoms with Crippen LogP contribution in [-0.2, 0) is 19.1 Å². The third-order valence-corrected chi connectivity index (χ3v) is 2.45. The van der Waals surface area contributed by atoms with Crippen molar-refractivity contribution < 1.29 is 23.9 Å². The SMILES string of the molecule is CC(C)C[C@H](NC(=O)OC(C)(C)C)C(=O)NCC(=O)OCCl. The number of alkyl halides is 1. The van der Waals surface area contributed by atoms with Crippen LogP contribution in [0.2, 0.25) is 0 Å². The first-order chi connectivity index (χ1) is 10.0. The van der Waals surface area contributed by atoms with Gasteiger partial charge in [-0.15, -0.1) is 0 Å². The third-order valence-electron chi connectivity index (χ3n) is 2.34. The predicted octanol–water partition coefficient (Wildman–Crippen LogP) is 1.78. The molecule has 0 radical (unpaired) electrons. The van der Waals surface area contributed by atoms with E-state index in [0.29, 0.717) is 6.42 Å². The molecule has 0 aliphatic heterocycles. The van der Waals surface area contributed by atoms with Gasteiger partial charge in [0, 0.05) is 0 Å². The highest BCUT2D eigenvalue weighted by atomic mass is 35.5. The second-order valence-corrected chi connectivity index (χ2v) is 6.39. The number of amides is 2. The molecule has 1 atom stereocenters. The largest absolute Gasteiger partial charge is 0.448 e. The van der Waals surface area contributed by atoms with Crippen LogP contribution in [0.25, 0.3) is 0 Å². The van der Waals surface area contributed by atoms with Gasteiger partial charge in [0.2, 0.25) is 5.91 Å². The molecule has 128 valence electrons. The molecule has 2 N–H and O–H groups in total. The first-order valence-electron chi connectivity index (χ1n) is 7.04. The highest BCUT2D eigenvalue weighted by molar-refractivity contribution is 6.17. The van der Waals surface area contributed by atoms with Gasteiger partial charge in [-0.1, -0.05) is 25.4 Å². The molecule has 0 heterocycles. The summed E-state index contributed by atoms with van der Waals surface area (Å²) in [6.45, 7) is 8.71. The van der Waals surface area contributed by atoms with Gasteiger partial charge in [-0.2, -0.15) is 0 Å². The number of carbonyl (C=O) groups excluding carboxylic acids is 3. The molecule has 8 heteroatoms. The Kier molecular flexibility index (Phi) is 8.86. The maximum Gasteiger partial charge on any atom is 0.408 e. The summed E-state index contributed by atoms with van der Waals surface area (Å²) in [5.74, 6) is -0.963. The lowest BCUT2D eigenvalue weighted by molar-refractivity contribution is -0.142. The van der Waals surface area contributed by atoms with Crippen LogP contribution < -0.4 is 10.6 Å². The Balaban J connectivity index is 4.58. The molecule has 0 aliphatic rings. The van der Waals surface area contributed by atoms with Crippen LogP contribution in [0, 0.1) is 5.92 Å². The van der Waals surface area contributed by atoms with Crippen LogP contribution >= 0.6 is 11.6 Å². The van der Waals surface area contributed by atoms with Gasteiger partial charge in [0.1, 0.15) is 18.2 Å². The van der Waals surface area contributed by atoms with Gasteiger partial charge in [0.25, 0.3) is 0 Å². The average molecular weight is 337 g/mol. The van der Waals surface area contributed by atoms with Crippen LogP contribution in [0.15, 0.2) is 0 Å². The quantitative estimate of drug-likeness (QED) is 0.546. The standard InChI is InChI=1S/C14H25ClN2O5/c1-9(2)6-10(17-13(20)22-14(3,4)5)12(19)16-7-11(18)21-8-15/h9-10H,6-8H2,1-5H3,(H,16,19)(H,17,20)/t10-/m0/s1. The number of halogens is 1. The van der Waals surface area contributed by atoms with Crippen molar-refractivity contribution in [1.29, 1.82) is 0 Å². The van der Waals surface area contributed by atoms with Gasteiger partial charge < -0.3 is 20.1 Å². The maximum atomic E-state index is 12.1. The lowest BCUT2D eigenvalue weighted by atomic mass is 10.0. The van der Waals surface area contributed by atoms with Crippen molar-refractivity contribution in [2.75, 3.05) is 12.6 Å². The summed E-state index contributed by atoms with van der Waals surface area (Å²) in [6, 6.07) is -1.07. The molecule has 0 aromatic rings. The van der Waals surface area contributed by atoms with Crippen LogP contribution in [0.5, 0.6) is 0 Å². The number of esters is 1. The van der Waals surface area contributed by atoms with Crippen molar-refractivity contribution in [3.05, 3.63) is 0 Å². The molecule has 0 bridgehead atoms. The van der Waals surface area contributed by atoms with Crippen LogP contribution in [0.1, 0.15) is 41.0 Å². The van der Waals surface area contributed by atoms with Gasteiger partial charge in [0.15, 0.2) is 6.07 Å². The zero-order valence-electron chi connectivity index (χ0n) is 13.7. The maximum absolute atomic E-state index is 12.1. The highest BCUT2D eigenvalue weighted by Gasteiger charge is 2.25. The molecule has 0 spiro atoms. The molecule has 0 saturated heterocycles. The minimum atomic E-state index is -0.793. The van der Waals surface area contributed by atoms with Crippen LogP contribution in [0.3, 0.4) is 0 Å². The van der Waals surface area contributed by atoms with Crippen molar-refractivity contribution in [2.45, 2.75) is 52.7 Å². The minimum Gasteiger partial charge on any atom is -0.448 e. The smallest absolute Gasteiger partial charge is 0.408 e. The van der Waals surface area contributed by atoms with E-state index in [1.807, 2.05) is 13.8 Å². The Bertz CT molecular complexity index is 393. The van der Waals surface area contributed by atoms with E-state index in [0.717, 1.165) is 0 Å². The number of ether oxygens (including phenoxy) is 2. The summed E-state index contributed by atoms with van der Waals surface area (Å²) in [6.07, 6.45) is -0.271. The molecular weight excluding hydrogens is 312 g/mol. The summed E-state index contributed by atoms with van der Waals surface area (Å²) >= 11 is 5.24. The first-order valence-corrected chi connectivity index (χ1v) is 7.57. The summed E-state index contributed by atoms with van der Waals surface area (Å²) in [4.78, 5) is 35.0. The Morgan fingerprint density at radius 1 is 1.18 bits per heavy atom. The second kappa shape index (κ2) is 9.50. The fraction of sp³-hybridized carbons (Fsp3) is 0.786. The second-order valence-electron chi connectivity index (χ2n) is 6.17. The molecule has 22 heavy (non-hydrogen) atoms. The van der Waals surface area contributed by atoms with E-state index in [4.69, 9.17) is 16.3 Å². The summed E-state index contributed by atoms with van der Waals surface area (Å²) < 4.78 is 9.62. The van der Waals surface area contributed by atoms with Crippen molar-refractivity contribution in [1.82, 2.24) is 10.6 Å². The number of carbonyl (C=O) groups is 3. The van der Waals surface area contributed by atoms with E-state index >= 15 is 0 Å². The number of hydrogen-bond acceptors (Lipinski definition) is 5. The molecular formula is C14H25ClN2O5. The van der Waals surface area contributed by atoms with E-state index in [-0.39, 0.29) is 18.5 Å². The molecule has 0 aromatic carbocycles. The number of nitrogens with one attached hydrogen (secondary N) is 2. The van der Waals surface area contributed by atoms with Crippen LogP contribution in [-0.4, -0.2) is 42.2 Å². The number of hydrogen-bond donors (Lipinski definition) is 2. The topological polar surface area (TPSA) is 93.7 Å². The zero-order chi connectivity index (χ0) is 17.3. The summed E-state index contributed by atoms with van der Waals surface area (Å²) in [5, 5.41) is 4.91. The number of rotatable bonds is 7. The van der Waals surface area contributed by atoms with E-state index in [1.54, 1.807) is 20.8 Å². The first kappa shape index (κ1) is 20.5. The Labute approximate surface area is 136 Å². The molecule has 0 unspecified atom stereocenters. The van der Waals surface area contributed by atoms with Crippen molar-refractivity contribution in [3.8, 4) is 0 Å².